The molecular weight excluding hydrogens is 637 g/mol. The SMILES string of the molecule is CC1(C)c2cc(-c3ccc4ccccc4c3)ccc2-c2ccc(-c3ccc4ccc(-c5cc6c7c(ccc6c6ccccc56)CCC=C7)cc4c3)cc21. The second-order valence-electron chi connectivity index (χ2n) is 15.6. The van der Waals surface area contributed by atoms with E-state index >= 15 is 0 Å². The van der Waals surface area contributed by atoms with E-state index in [4.69, 9.17) is 0 Å². The zero-order chi connectivity index (χ0) is 35.3. The summed E-state index contributed by atoms with van der Waals surface area (Å²) in [5, 5.41) is 10.4. The molecule has 0 spiro atoms. The summed E-state index contributed by atoms with van der Waals surface area (Å²) in [4.78, 5) is 0. The maximum Gasteiger partial charge on any atom is 0.0159 e. The highest BCUT2D eigenvalue weighted by Crippen LogP contribution is 2.51. The Labute approximate surface area is 310 Å². The molecule has 250 valence electrons. The van der Waals surface area contributed by atoms with Crippen LogP contribution in [-0.4, -0.2) is 0 Å². The second-order valence-corrected chi connectivity index (χ2v) is 15.6. The van der Waals surface area contributed by atoms with Gasteiger partial charge in [0.05, 0.1) is 0 Å². The molecule has 0 saturated heterocycles. The highest BCUT2D eigenvalue weighted by Gasteiger charge is 2.36. The van der Waals surface area contributed by atoms with Crippen molar-refractivity contribution >= 4 is 49.2 Å². The lowest BCUT2D eigenvalue weighted by molar-refractivity contribution is 0.661. The fourth-order valence-electron chi connectivity index (χ4n) is 9.40. The van der Waals surface area contributed by atoms with E-state index in [1.165, 1.54) is 110 Å². The van der Waals surface area contributed by atoms with Crippen molar-refractivity contribution in [3.63, 3.8) is 0 Å². The van der Waals surface area contributed by atoms with Crippen LogP contribution in [-0.2, 0) is 11.8 Å². The quantitative estimate of drug-likeness (QED) is 0.164. The number of hydrogen-bond acceptors (Lipinski definition) is 0. The highest BCUT2D eigenvalue weighted by molar-refractivity contribution is 6.16. The summed E-state index contributed by atoms with van der Waals surface area (Å²) in [6, 6.07) is 59.7. The van der Waals surface area contributed by atoms with Gasteiger partial charge in [-0.1, -0.05) is 147 Å². The van der Waals surface area contributed by atoms with Crippen LogP contribution in [0.4, 0.5) is 0 Å². The lowest BCUT2D eigenvalue weighted by Gasteiger charge is -2.23. The van der Waals surface area contributed by atoms with Gasteiger partial charge in [0.25, 0.3) is 0 Å². The molecule has 0 heterocycles. The minimum atomic E-state index is -0.108. The van der Waals surface area contributed by atoms with Crippen molar-refractivity contribution < 1.29 is 0 Å². The molecule has 11 rings (SSSR count). The van der Waals surface area contributed by atoms with Crippen molar-refractivity contribution in [2.24, 2.45) is 0 Å². The standard InChI is InChI=1S/C53H38/c1-53(2)51-30-39(37-18-15-33-9-3-4-11-36(33)27-37)22-25-47(51)48-26-23-40(31-52(48)53)38-19-16-34-17-20-41(29-42(34)28-38)49-32-50-43-12-6-5-10-35(43)21-24-46(50)44-13-7-8-14-45(44)49/h3-4,6-9,11-32H,5,10H2,1-2H3. The maximum absolute atomic E-state index is 2.45. The first-order chi connectivity index (χ1) is 26.0. The van der Waals surface area contributed by atoms with Crippen molar-refractivity contribution in [1.29, 1.82) is 0 Å². The zero-order valence-corrected chi connectivity index (χ0v) is 30.1. The predicted molar refractivity (Wildman–Crippen MR) is 228 cm³/mol. The van der Waals surface area contributed by atoms with E-state index in [0.717, 1.165) is 12.8 Å². The lowest BCUT2D eigenvalue weighted by Crippen LogP contribution is -2.15. The van der Waals surface area contributed by atoms with Crippen LogP contribution < -0.4 is 0 Å². The van der Waals surface area contributed by atoms with Crippen LogP contribution in [0.15, 0.2) is 164 Å². The third kappa shape index (κ3) is 4.69. The summed E-state index contributed by atoms with van der Waals surface area (Å²) in [6.07, 6.45) is 6.90. The summed E-state index contributed by atoms with van der Waals surface area (Å²) in [5.41, 5.74) is 15.8. The van der Waals surface area contributed by atoms with Gasteiger partial charge in [0, 0.05) is 5.41 Å². The second kappa shape index (κ2) is 11.4. The molecule has 2 aliphatic rings. The average molecular weight is 675 g/mol. The summed E-state index contributed by atoms with van der Waals surface area (Å²) >= 11 is 0. The Bertz CT molecular complexity index is 3020. The van der Waals surface area contributed by atoms with Crippen LogP contribution in [0.1, 0.15) is 42.5 Å². The fraction of sp³-hybridized carbons (Fsp3) is 0.0943. The molecule has 0 fully saturated rings. The largest absolute Gasteiger partial charge is 0.0836 e. The summed E-state index contributed by atoms with van der Waals surface area (Å²) in [5.74, 6) is 0. The van der Waals surface area contributed by atoms with Crippen molar-refractivity contribution in [3.8, 4) is 44.5 Å². The van der Waals surface area contributed by atoms with Crippen LogP contribution in [0.2, 0.25) is 0 Å². The average Bonchev–Trinajstić information content (AvgIpc) is 3.44. The first kappa shape index (κ1) is 30.4. The Morgan fingerprint density at radius 2 is 0.943 bits per heavy atom. The van der Waals surface area contributed by atoms with Crippen molar-refractivity contribution in [3.05, 3.63) is 186 Å². The van der Waals surface area contributed by atoms with Gasteiger partial charge < -0.3 is 0 Å². The van der Waals surface area contributed by atoms with Gasteiger partial charge in [-0.3, -0.25) is 0 Å². The Morgan fingerprint density at radius 3 is 1.68 bits per heavy atom. The van der Waals surface area contributed by atoms with Gasteiger partial charge in [0.1, 0.15) is 0 Å². The zero-order valence-electron chi connectivity index (χ0n) is 30.1. The molecule has 0 radical (unpaired) electrons. The minimum absolute atomic E-state index is 0.108. The highest BCUT2D eigenvalue weighted by atomic mass is 14.4. The van der Waals surface area contributed by atoms with Gasteiger partial charge >= 0.3 is 0 Å². The molecule has 0 saturated carbocycles. The lowest BCUT2D eigenvalue weighted by atomic mass is 9.80. The van der Waals surface area contributed by atoms with Crippen LogP contribution >= 0.6 is 0 Å². The first-order valence-electron chi connectivity index (χ1n) is 19.0. The molecule has 2 aliphatic carbocycles. The Morgan fingerprint density at radius 1 is 0.396 bits per heavy atom. The van der Waals surface area contributed by atoms with Gasteiger partial charge in [-0.15, -0.1) is 0 Å². The number of benzene rings is 9. The molecule has 0 bridgehead atoms. The van der Waals surface area contributed by atoms with Gasteiger partial charge in [-0.2, -0.15) is 0 Å². The van der Waals surface area contributed by atoms with E-state index in [2.05, 4.69) is 184 Å². The molecule has 0 nitrogen and oxygen atoms in total. The van der Waals surface area contributed by atoms with E-state index in [-0.39, 0.29) is 5.41 Å². The molecular formula is C53H38. The van der Waals surface area contributed by atoms with Crippen LogP contribution in [0.5, 0.6) is 0 Å². The monoisotopic (exact) mass is 674 g/mol. The van der Waals surface area contributed by atoms with Crippen LogP contribution in [0, 0.1) is 0 Å². The normalized spacial score (nSPS) is 14.2. The molecule has 0 atom stereocenters. The van der Waals surface area contributed by atoms with E-state index in [1.807, 2.05) is 0 Å². The van der Waals surface area contributed by atoms with Crippen molar-refractivity contribution in [2.45, 2.75) is 32.1 Å². The smallest absolute Gasteiger partial charge is 0.0159 e. The molecule has 0 heteroatoms. The molecule has 9 aromatic carbocycles. The van der Waals surface area contributed by atoms with E-state index in [1.54, 1.807) is 0 Å². The molecule has 0 amide bonds. The number of allylic oxidation sites excluding steroid dienone is 1. The summed E-state index contributed by atoms with van der Waals surface area (Å²) in [6.45, 7) is 4.78. The third-order valence-electron chi connectivity index (χ3n) is 12.3. The summed E-state index contributed by atoms with van der Waals surface area (Å²) < 4.78 is 0. The Kier molecular flexibility index (Phi) is 6.53. The summed E-state index contributed by atoms with van der Waals surface area (Å²) in [7, 11) is 0. The van der Waals surface area contributed by atoms with Gasteiger partial charge in [0.2, 0.25) is 0 Å². The fourth-order valence-corrected chi connectivity index (χ4v) is 9.40. The molecule has 0 unspecified atom stereocenters. The van der Waals surface area contributed by atoms with E-state index in [9.17, 15) is 0 Å². The Balaban J connectivity index is 0.991. The number of hydrogen-bond donors (Lipinski definition) is 0. The van der Waals surface area contributed by atoms with Crippen molar-refractivity contribution in [2.75, 3.05) is 0 Å². The number of fused-ring (bicyclic) bond motifs is 10. The molecule has 9 aromatic rings. The van der Waals surface area contributed by atoms with Gasteiger partial charge in [-0.25, -0.2) is 0 Å². The first-order valence-corrected chi connectivity index (χ1v) is 19.0. The molecule has 0 N–H and O–H groups in total. The number of rotatable bonds is 3. The Hall–Kier alpha value is -6.24. The van der Waals surface area contributed by atoms with Gasteiger partial charge in [0.15, 0.2) is 0 Å². The minimum Gasteiger partial charge on any atom is -0.0836 e. The molecule has 0 aromatic heterocycles. The maximum atomic E-state index is 2.45. The van der Waals surface area contributed by atoms with E-state index in [0.29, 0.717) is 0 Å². The van der Waals surface area contributed by atoms with Crippen LogP contribution in [0.3, 0.4) is 0 Å². The van der Waals surface area contributed by atoms with E-state index < -0.39 is 0 Å². The molecule has 53 heavy (non-hydrogen) atoms. The topological polar surface area (TPSA) is 0 Å². The van der Waals surface area contributed by atoms with Gasteiger partial charge in [-0.05, 0) is 159 Å². The van der Waals surface area contributed by atoms with Crippen molar-refractivity contribution in [1.82, 2.24) is 0 Å². The molecule has 0 aliphatic heterocycles. The third-order valence-corrected chi connectivity index (χ3v) is 12.3. The predicted octanol–water partition coefficient (Wildman–Crippen LogP) is 14.6. The van der Waals surface area contributed by atoms with Crippen LogP contribution in [0.25, 0.3) is 93.7 Å². The number of aryl methyl sites for hydroxylation is 1.